The van der Waals surface area contributed by atoms with E-state index in [1.807, 2.05) is 0 Å². The van der Waals surface area contributed by atoms with Gasteiger partial charge in [0.1, 0.15) is 0 Å². The first-order valence-electron chi connectivity index (χ1n) is 6.11. The third-order valence-corrected chi connectivity index (χ3v) is 3.03. The van der Waals surface area contributed by atoms with E-state index in [9.17, 15) is 20.0 Å². The molecule has 9 heteroatoms. The fourth-order valence-corrected chi connectivity index (χ4v) is 1.85. The predicted molar refractivity (Wildman–Crippen MR) is 83.4 cm³/mol. The first kappa shape index (κ1) is 17.8. The molecule has 0 spiro atoms. The molecule has 0 amide bonds. The summed E-state index contributed by atoms with van der Waals surface area (Å²) in [5.74, 6) is -1.67. The maximum atomic E-state index is 11.2. The molecule has 0 saturated carbocycles. The Labute approximate surface area is 132 Å². The number of carboxylic acids is 1. The van der Waals surface area contributed by atoms with E-state index in [0.717, 1.165) is 18.3 Å². The Kier molecular flexibility index (Phi) is 5.37. The zero-order chi connectivity index (χ0) is 17.1. The van der Waals surface area contributed by atoms with Crippen molar-refractivity contribution in [1.29, 1.82) is 0 Å². The molecule has 120 valence electrons. The van der Waals surface area contributed by atoms with Gasteiger partial charge >= 0.3 is 5.97 Å². The van der Waals surface area contributed by atoms with Crippen molar-refractivity contribution >= 4 is 30.5 Å². The second-order valence-corrected chi connectivity index (χ2v) is 6.17. The van der Waals surface area contributed by atoms with Gasteiger partial charge in [0, 0.05) is 22.6 Å². The minimum Gasteiger partial charge on any atom is -0.504 e. The van der Waals surface area contributed by atoms with E-state index in [1.165, 1.54) is 7.11 Å². The number of aliphatic carboxylic acids is 1. The minimum absolute atomic E-state index is 0.0186. The van der Waals surface area contributed by atoms with Gasteiger partial charge in [-0.1, -0.05) is 0 Å². The smallest absolute Gasteiger partial charge is 0.329 e. The van der Waals surface area contributed by atoms with Gasteiger partial charge in [0.15, 0.2) is 17.5 Å². The number of rotatable bonds is 6. The van der Waals surface area contributed by atoms with Crippen molar-refractivity contribution in [1.82, 2.24) is 0 Å². The van der Waals surface area contributed by atoms with Crippen LogP contribution in [0.5, 0.6) is 11.5 Å². The fourth-order valence-electron chi connectivity index (χ4n) is 1.68. The number of carboxylic acid groups (broad SMARTS) is 1. The van der Waals surface area contributed by atoms with Crippen LogP contribution in [0.2, 0.25) is 0 Å². The van der Waals surface area contributed by atoms with Crippen LogP contribution in [0.4, 0.5) is 5.69 Å². The number of aromatic hydroxyl groups is 1. The summed E-state index contributed by atoms with van der Waals surface area (Å²) in [6.07, 6.45) is 1.06. The van der Waals surface area contributed by atoms with E-state index >= 15 is 0 Å². The van der Waals surface area contributed by atoms with Crippen molar-refractivity contribution in [2.45, 2.75) is 24.6 Å². The topological polar surface area (TPSA) is 122 Å². The number of methoxy groups -OCH3 is 1. The Hall–Kier alpha value is -2.29. The molecule has 0 bridgehead atoms. The summed E-state index contributed by atoms with van der Waals surface area (Å²) in [6, 6.07) is 0.941. The Morgan fingerprint density at radius 3 is 2.55 bits per heavy atom. The van der Waals surface area contributed by atoms with Crippen molar-refractivity contribution in [3.63, 3.8) is 0 Å². The molecule has 1 aromatic rings. The van der Waals surface area contributed by atoms with E-state index in [4.69, 9.17) is 9.84 Å². The second-order valence-electron chi connectivity index (χ2n) is 5.02. The number of nitro benzene ring substituents is 1. The first-order chi connectivity index (χ1) is 10.1. The lowest BCUT2D eigenvalue weighted by Crippen LogP contribution is -2.36. The van der Waals surface area contributed by atoms with Gasteiger partial charge in [-0.25, -0.2) is 4.79 Å². The van der Waals surface area contributed by atoms with E-state index in [-0.39, 0.29) is 22.7 Å². The van der Waals surface area contributed by atoms with Crippen LogP contribution < -0.4 is 4.74 Å². The summed E-state index contributed by atoms with van der Waals surface area (Å²) in [5, 5.41) is 29.9. The molecule has 0 fully saturated rings. The van der Waals surface area contributed by atoms with Gasteiger partial charge in [-0.3, -0.25) is 15.1 Å². The first-order valence-corrected chi connectivity index (χ1v) is 6.56. The van der Waals surface area contributed by atoms with Gasteiger partial charge < -0.3 is 14.9 Å². The maximum Gasteiger partial charge on any atom is 0.329 e. The predicted octanol–water partition coefficient (Wildman–Crippen LogP) is 1.89. The number of phenols is 1. The summed E-state index contributed by atoms with van der Waals surface area (Å²) in [5.41, 5.74) is -0.331. The third kappa shape index (κ3) is 4.10. The average molecular weight is 328 g/mol. The molecule has 0 heterocycles. The summed E-state index contributed by atoms with van der Waals surface area (Å²) in [6.45, 7) is 3.14. The molecule has 1 atom stereocenters. The number of thiol groups is 1. The van der Waals surface area contributed by atoms with Crippen LogP contribution in [-0.4, -0.2) is 45.2 Å². The van der Waals surface area contributed by atoms with Crippen molar-refractivity contribution in [3.8, 4) is 11.5 Å². The zero-order valence-electron chi connectivity index (χ0n) is 12.2. The lowest BCUT2D eigenvalue weighted by molar-refractivity contribution is -0.385. The molecule has 0 aliphatic heterocycles. The van der Waals surface area contributed by atoms with E-state index in [2.05, 4.69) is 17.6 Å². The van der Waals surface area contributed by atoms with E-state index in [1.54, 1.807) is 13.8 Å². The van der Waals surface area contributed by atoms with Crippen molar-refractivity contribution in [2.75, 3.05) is 7.11 Å². The van der Waals surface area contributed by atoms with Gasteiger partial charge in [0.05, 0.1) is 18.1 Å². The highest BCUT2D eigenvalue weighted by Crippen LogP contribution is 2.33. The number of non-ortho nitro benzene ring substituents is 1. The molecule has 0 aliphatic rings. The monoisotopic (exact) mass is 328 g/mol. The number of hydrogen-bond acceptors (Lipinski definition) is 7. The quantitative estimate of drug-likeness (QED) is 0.317. The molecule has 2 N–H and O–H groups in total. The van der Waals surface area contributed by atoms with Crippen molar-refractivity contribution in [3.05, 3.63) is 27.8 Å². The lowest BCUT2D eigenvalue weighted by Gasteiger charge is -2.22. The minimum atomic E-state index is -1.20. The third-order valence-electron chi connectivity index (χ3n) is 2.79. The molecule has 0 aromatic heterocycles. The summed E-state index contributed by atoms with van der Waals surface area (Å²) < 4.78 is 3.89. The van der Waals surface area contributed by atoms with E-state index < -0.39 is 21.7 Å². The number of benzene rings is 1. The number of phenolic OH excluding ortho intramolecular Hbond substituents is 1. The number of aliphatic imine (C=N–C) groups is 1. The molecule has 0 radical (unpaired) electrons. The molecule has 8 nitrogen and oxygen atoms in total. The largest absolute Gasteiger partial charge is 0.504 e. The highest BCUT2D eigenvalue weighted by molar-refractivity contribution is 7.81. The summed E-state index contributed by atoms with van der Waals surface area (Å²) in [4.78, 5) is 25.3. The maximum absolute atomic E-state index is 11.2. The summed E-state index contributed by atoms with van der Waals surface area (Å²) in [7, 11) is 1.25. The van der Waals surface area contributed by atoms with Crippen LogP contribution in [0.25, 0.3) is 0 Å². The van der Waals surface area contributed by atoms with Crippen LogP contribution >= 0.6 is 12.6 Å². The highest BCUT2D eigenvalue weighted by Gasteiger charge is 2.31. The van der Waals surface area contributed by atoms with Crippen molar-refractivity contribution < 1.29 is 24.7 Å². The Balaban J connectivity index is 3.31. The number of nitro groups is 1. The zero-order valence-corrected chi connectivity index (χ0v) is 13.1. The molecule has 0 saturated heterocycles. The standard InChI is InChI=1S/C13H16N2O6S/c1-13(2,22)11(12(17)18)14-6-7-4-8(15(19)20)5-9(21-3)10(7)16/h4-6,11,16,22H,1-3H3,(H,17,18). The molecule has 1 unspecified atom stereocenters. The average Bonchev–Trinajstić information content (AvgIpc) is 2.38. The molecule has 1 aromatic carbocycles. The Morgan fingerprint density at radius 1 is 1.55 bits per heavy atom. The normalized spacial score (nSPS) is 13.1. The number of nitrogens with zero attached hydrogens (tertiary/aromatic N) is 2. The number of ether oxygens (including phenoxy) is 1. The summed E-state index contributed by atoms with van der Waals surface area (Å²) >= 11 is 4.16. The Morgan fingerprint density at radius 2 is 2.14 bits per heavy atom. The van der Waals surface area contributed by atoms with Crippen LogP contribution in [0.15, 0.2) is 17.1 Å². The van der Waals surface area contributed by atoms with Crippen LogP contribution in [-0.2, 0) is 4.79 Å². The molecule has 22 heavy (non-hydrogen) atoms. The van der Waals surface area contributed by atoms with Gasteiger partial charge in [-0.15, -0.1) is 0 Å². The fraction of sp³-hybridized carbons (Fsp3) is 0.385. The second kappa shape index (κ2) is 6.65. The van der Waals surface area contributed by atoms with Gasteiger partial charge in [0.2, 0.25) is 0 Å². The molecular weight excluding hydrogens is 312 g/mol. The lowest BCUT2D eigenvalue weighted by atomic mass is 10.0. The van der Waals surface area contributed by atoms with Crippen LogP contribution in [0, 0.1) is 10.1 Å². The molecule has 1 rings (SSSR count). The van der Waals surface area contributed by atoms with Crippen molar-refractivity contribution in [2.24, 2.45) is 4.99 Å². The van der Waals surface area contributed by atoms with Gasteiger partial charge in [-0.05, 0) is 13.8 Å². The molecular formula is C13H16N2O6S. The van der Waals surface area contributed by atoms with Gasteiger partial charge in [-0.2, -0.15) is 12.6 Å². The van der Waals surface area contributed by atoms with Crippen LogP contribution in [0.3, 0.4) is 0 Å². The van der Waals surface area contributed by atoms with Crippen LogP contribution in [0.1, 0.15) is 19.4 Å². The SMILES string of the molecule is COc1cc([N+](=O)[O-])cc(C=NC(C(=O)O)C(C)(C)S)c1O. The Bertz CT molecular complexity index is 624. The number of hydrogen-bond donors (Lipinski definition) is 3. The van der Waals surface area contributed by atoms with E-state index in [0.29, 0.717) is 0 Å². The van der Waals surface area contributed by atoms with Gasteiger partial charge in [0.25, 0.3) is 5.69 Å². The molecule has 0 aliphatic carbocycles. The number of carbonyl (C=O) groups is 1. The highest BCUT2D eigenvalue weighted by atomic mass is 32.1.